The van der Waals surface area contributed by atoms with Crippen LogP contribution in [-0.2, 0) is 24.7 Å². The van der Waals surface area contributed by atoms with Crippen LogP contribution in [0.3, 0.4) is 0 Å². The molecule has 0 radical (unpaired) electrons. The summed E-state index contributed by atoms with van der Waals surface area (Å²) in [4.78, 5) is 0. The topological polar surface area (TPSA) is 0 Å². The van der Waals surface area contributed by atoms with E-state index >= 15 is 0 Å². The van der Waals surface area contributed by atoms with E-state index in [1.807, 2.05) is 0 Å². The van der Waals surface area contributed by atoms with Crippen molar-refractivity contribution in [3.63, 3.8) is 0 Å². The Morgan fingerprint density at radius 2 is 1.18 bits per heavy atom. The van der Waals surface area contributed by atoms with E-state index in [2.05, 4.69) is 76.2 Å². The minimum atomic E-state index is 0.427. The van der Waals surface area contributed by atoms with Crippen LogP contribution in [-0.4, -0.2) is 0 Å². The summed E-state index contributed by atoms with van der Waals surface area (Å²) in [6.07, 6.45) is 5.09. The fourth-order valence-electron chi connectivity index (χ4n) is 3.98. The largest absolute Gasteiger partial charge is 0.0620 e. The van der Waals surface area contributed by atoms with Gasteiger partial charge in [-0.15, -0.1) is 0 Å². The van der Waals surface area contributed by atoms with Crippen molar-refractivity contribution in [1.82, 2.24) is 0 Å². The molecular formula is C22H28. The summed E-state index contributed by atoms with van der Waals surface area (Å²) in [7, 11) is 0. The zero-order valence-electron chi connectivity index (χ0n) is 14.4. The summed E-state index contributed by atoms with van der Waals surface area (Å²) >= 11 is 0. The van der Waals surface area contributed by atoms with E-state index < -0.39 is 0 Å². The van der Waals surface area contributed by atoms with Gasteiger partial charge in [-0.3, -0.25) is 0 Å². The minimum Gasteiger partial charge on any atom is -0.0620 e. The van der Waals surface area contributed by atoms with Crippen molar-refractivity contribution in [2.45, 2.75) is 58.8 Å². The van der Waals surface area contributed by atoms with Crippen LogP contribution in [0, 0.1) is 5.41 Å². The maximum Gasteiger partial charge on any atom is -0.00977 e. The van der Waals surface area contributed by atoms with Gasteiger partial charge in [0.2, 0.25) is 0 Å². The molecule has 22 heavy (non-hydrogen) atoms. The molecule has 0 unspecified atom stereocenters. The highest BCUT2D eigenvalue weighted by Gasteiger charge is 2.28. The molecule has 4 rings (SSSR count). The average Bonchev–Trinajstić information content (AvgIpc) is 2.95. The molecule has 0 N–H and O–H groups in total. The molecule has 0 saturated heterocycles. The van der Waals surface area contributed by atoms with E-state index in [1.165, 1.54) is 25.7 Å². The summed E-state index contributed by atoms with van der Waals surface area (Å²) in [5.41, 5.74) is 7.15. The van der Waals surface area contributed by atoms with Crippen molar-refractivity contribution in [2.24, 2.45) is 5.41 Å². The molecule has 0 bridgehead atoms. The smallest absolute Gasteiger partial charge is 0.00977 e. The fourth-order valence-corrected chi connectivity index (χ4v) is 3.98. The Kier molecular flexibility index (Phi) is 3.89. The highest BCUT2D eigenvalue weighted by molar-refractivity contribution is 5.37. The van der Waals surface area contributed by atoms with Gasteiger partial charge in [0.05, 0.1) is 0 Å². The van der Waals surface area contributed by atoms with Crippen LogP contribution in [0.1, 0.15) is 56.4 Å². The van der Waals surface area contributed by atoms with E-state index in [-0.39, 0.29) is 0 Å². The Morgan fingerprint density at radius 3 is 1.73 bits per heavy atom. The van der Waals surface area contributed by atoms with Gasteiger partial charge in [-0.2, -0.15) is 0 Å². The molecule has 2 aliphatic rings. The quantitative estimate of drug-likeness (QED) is 0.582. The molecule has 0 aromatic heterocycles. The Hall–Kier alpha value is -1.56. The molecule has 2 aromatic carbocycles. The van der Waals surface area contributed by atoms with E-state index in [0.717, 1.165) is 0 Å². The SMILES string of the molecule is CC1(C)CCc2ccccc21.CC1(C)Cc2ccccc2C1. The molecule has 0 amide bonds. The maximum absolute atomic E-state index is 2.34. The second-order valence-electron chi connectivity index (χ2n) is 8.33. The van der Waals surface area contributed by atoms with Gasteiger partial charge in [-0.1, -0.05) is 76.2 Å². The third-order valence-corrected chi connectivity index (χ3v) is 5.22. The van der Waals surface area contributed by atoms with Gasteiger partial charge in [-0.25, -0.2) is 0 Å². The second-order valence-corrected chi connectivity index (χ2v) is 8.33. The van der Waals surface area contributed by atoms with Crippen LogP contribution < -0.4 is 0 Å². The maximum atomic E-state index is 2.34. The lowest BCUT2D eigenvalue weighted by molar-refractivity contribution is 0.392. The Labute approximate surface area is 135 Å². The monoisotopic (exact) mass is 292 g/mol. The molecule has 0 fully saturated rings. The van der Waals surface area contributed by atoms with E-state index in [4.69, 9.17) is 0 Å². The van der Waals surface area contributed by atoms with E-state index in [9.17, 15) is 0 Å². The number of benzene rings is 2. The molecule has 0 atom stereocenters. The Bertz CT molecular complexity index is 634. The molecule has 2 aliphatic carbocycles. The van der Waals surface area contributed by atoms with Gasteiger partial charge in [0.1, 0.15) is 0 Å². The first-order chi connectivity index (χ1) is 10.4. The molecule has 0 nitrogen and oxygen atoms in total. The van der Waals surface area contributed by atoms with Crippen molar-refractivity contribution in [3.8, 4) is 0 Å². The van der Waals surface area contributed by atoms with Crippen LogP contribution in [0.2, 0.25) is 0 Å². The minimum absolute atomic E-state index is 0.427. The van der Waals surface area contributed by atoms with Gasteiger partial charge in [-0.05, 0) is 58.8 Å². The number of hydrogen-bond donors (Lipinski definition) is 0. The van der Waals surface area contributed by atoms with Crippen molar-refractivity contribution < 1.29 is 0 Å². The summed E-state index contributed by atoms with van der Waals surface area (Å²) in [5.74, 6) is 0. The standard InChI is InChI=1S/2C11H14/c1-11(2)7-9-5-3-4-6-10(9)8-11;1-11(2)8-7-9-5-3-4-6-10(9)11/h2*3-6H,7-8H2,1-2H3. The highest BCUT2D eigenvalue weighted by atomic mass is 14.3. The van der Waals surface area contributed by atoms with E-state index in [0.29, 0.717) is 10.8 Å². The molecule has 0 spiro atoms. The van der Waals surface area contributed by atoms with Crippen LogP contribution in [0.25, 0.3) is 0 Å². The second kappa shape index (κ2) is 5.57. The zero-order chi connectivity index (χ0) is 15.8. The summed E-state index contributed by atoms with van der Waals surface area (Å²) in [6, 6.07) is 17.6. The van der Waals surface area contributed by atoms with Crippen molar-refractivity contribution in [1.29, 1.82) is 0 Å². The van der Waals surface area contributed by atoms with Crippen LogP contribution in [0.15, 0.2) is 48.5 Å². The molecule has 116 valence electrons. The van der Waals surface area contributed by atoms with Crippen molar-refractivity contribution in [3.05, 3.63) is 70.8 Å². The van der Waals surface area contributed by atoms with Crippen LogP contribution in [0.5, 0.6) is 0 Å². The Balaban J connectivity index is 0.000000131. The van der Waals surface area contributed by atoms with Crippen LogP contribution in [0.4, 0.5) is 0 Å². The first-order valence-corrected chi connectivity index (χ1v) is 8.53. The number of fused-ring (bicyclic) bond motifs is 2. The first-order valence-electron chi connectivity index (χ1n) is 8.53. The summed E-state index contributed by atoms with van der Waals surface area (Å²) < 4.78 is 0. The lowest BCUT2D eigenvalue weighted by Crippen LogP contribution is -2.11. The molecular weight excluding hydrogens is 264 g/mol. The van der Waals surface area contributed by atoms with Gasteiger partial charge in [0.25, 0.3) is 0 Å². The number of aryl methyl sites for hydroxylation is 1. The van der Waals surface area contributed by atoms with Crippen LogP contribution >= 0.6 is 0 Å². The molecule has 2 aromatic rings. The van der Waals surface area contributed by atoms with Crippen molar-refractivity contribution >= 4 is 0 Å². The van der Waals surface area contributed by atoms with Gasteiger partial charge >= 0.3 is 0 Å². The highest BCUT2D eigenvalue weighted by Crippen LogP contribution is 2.37. The fraction of sp³-hybridized carbons (Fsp3) is 0.455. The third kappa shape index (κ3) is 3.11. The average molecular weight is 292 g/mol. The zero-order valence-corrected chi connectivity index (χ0v) is 14.4. The summed E-state index contributed by atoms with van der Waals surface area (Å²) in [5, 5.41) is 0. The lowest BCUT2D eigenvalue weighted by Gasteiger charge is -2.18. The molecule has 0 saturated carbocycles. The number of hydrogen-bond acceptors (Lipinski definition) is 0. The molecule has 0 heteroatoms. The molecule has 0 heterocycles. The predicted molar refractivity (Wildman–Crippen MR) is 95.4 cm³/mol. The van der Waals surface area contributed by atoms with Gasteiger partial charge in [0.15, 0.2) is 0 Å². The normalized spacial score (nSPS) is 19.8. The predicted octanol–water partition coefficient (Wildman–Crippen LogP) is 5.72. The van der Waals surface area contributed by atoms with E-state index in [1.54, 1.807) is 22.3 Å². The van der Waals surface area contributed by atoms with Gasteiger partial charge < -0.3 is 0 Å². The summed E-state index contributed by atoms with van der Waals surface area (Å²) in [6.45, 7) is 9.34. The van der Waals surface area contributed by atoms with Crippen molar-refractivity contribution in [2.75, 3.05) is 0 Å². The first kappa shape index (κ1) is 15.3. The number of rotatable bonds is 0. The van der Waals surface area contributed by atoms with Gasteiger partial charge in [0, 0.05) is 0 Å². The Morgan fingerprint density at radius 1 is 0.682 bits per heavy atom. The third-order valence-electron chi connectivity index (χ3n) is 5.22. The lowest BCUT2D eigenvalue weighted by atomic mass is 9.87. The molecule has 0 aliphatic heterocycles.